The van der Waals surface area contributed by atoms with Gasteiger partial charge in [0.25, 0.3) is 0 Å². The molecule has 8 nitrogen and oxygen atoms in total. The van der Waals surface area contributed by atoms with Crippen molar-refractivity contribution < 1.29 is 13.3 Å². The van der Waals surface area contributed by atoms with Crippen LogP contribution in [0.4, 0.5) is 0 Å². The molecule has 0 radical (unpaired) electrons. The van der Waals surface area contributed by atoms with Crippen LogP contribution in [0.2, 0.25) is 0 Å². The monoisotopic (exact) mass is 1380 g/mol. The number of para-hydroxylation sites is 6. The number of furan rings is 3. The fourth-order valence-corrected chi connectivity index (χ4v) is 17.1. The molecule has 0 atom stereocenters. The first-order valence-electron chi connectivity index (χ1n) is 36.6. The molecule has 0 unspecified atom stereocenters. The number of hydrogen-bond acceptors (Lipinski definition) is 5. The number of fused-ring (bicyclic) bond motifs is 18. The van der Waals surface area contributed by atoms with Gasteiger partial charge < -0.3 is 27.0 Å². The van der Waals surface area contributed by atoms with Crippen molar-refractivity contribution in [3.63, 3.8) is 0 Å². The fourth-order valence-electron chi connectivity index (χ4n) is 17.1. The van der Waals surface area contributed by atoms with Crippen LogP contribution in [0.25, 0.3) is 227 Å². The van der Waals surface area contributed by atoms with Gasteiger partial charge in [-0.05, 0) is 196 Å². The lowest BCUT2D eigenvalue weighted by Crippen LogP contribution is -1.99. The second-order valence-electron chi connectivity index (χ2n) is 28.4. The molecule has 16 aromatic carbocycles. The Bertz CT molecular complexity index is 7390. The van der Waals surface area contributed by atoms with Gasteiger partial charge in [0.2, 0.25) is 0 Å². The first kappa shape index (κ1) is 59.9. The van der Waals surface area contributed by atoms with Crippen LogP contribution in [-0.4, -0.2) is 23.7 Å². The number of nitrogens with zero attached hydrogens (tertiary/aromatic N) is 5. The zero-order valence-electron chi connectivity index (χ0n) is 58.0. The molecule has 108 heavy (non-hydrogen) atoms. The third-order valence-corrected chi connectivity index (χ3v) is 22.3. The van der Waals surface area contributed by atoms with E-state index in [9.17, 15) is 0 Å². The van der Waals surface area contributed by atoms with Crippen molar-refractivity contribution in [1.82, 2.24) is 23.7 Å². The molecule has 0 aliphatic rings. The summed E-state index contributed by atoms with van der Waals surface area (Å²) in [5.41, 5.74) is 28.8. The van der Waals surface area contributed by atoms with E-state index in [1.165, 1.54) is 32.3 Å². The number of benzene rings is 16. The maximum atomic E-state index is 6.25. The van der Waals surface area contributed by atoms with Gasteiger partial charge in [-0.1, -0.05) is 206 Å². The van der Waals surface area contributed by atoms with Gasteiger partial charge in [-0.15, -0.1) is 0 Å². The van der Waals surface area contributed by atoms with Crippen LogP contribution in [-0.2, 0) is 0 Å². The van der Waals surface area contributed by atoms with Gasteiger partial charge in [0.05, 0.1) is 44.5 Å². The molecule has 0 aliphatic heterocycles. The normalized spacial score (nSPS) is 12.1. The Balaban J connectivity index is 0.620. The lowest BCUT2D eigenvalue weighted by Gasteiger charge is -2.14. The van der Waals surface area contributed by atoms with E-state index in [2.05, 4.69) is 335 Å². The molecule has 502 valence electrons. The molecule has 0 saturated heterocycles. The van der Waals surface area contributed by atoms with E-state index < -0.39 is 0 Å². The second-order valence-corrected chi connectivity index (χ2v) is 28.4. The van der Waals surface area contributed by atoms with Crippen LogP contribution in [0.3, 0.4) is 0 Å². The Morgan fingerprint density at radius 3 is 0.843 bits per heavy atom. The molecular formula is C100H59N5O3. The third kappa shape index (κ3) is 9.43. The van der Waals surface area contributed by atoms with E-state index >= 15 is 0 Å². The van der Waals surface area contributed by atoms with Crippen molar-refractivity contribution in [1.29, 1.82) is 0 Å². The summed E-state index contributed by atoms with van der Waals surface area (Å²) >= 11 is 0. The first-order chi connectivity index (χ1) is 53.5. The van der Waals surface area contributed by atoms with E-state index in [1.807, 2.05) is 36.4 Å². The highest BCUT2D eigenvalue weighted by molar-refractivity contribution is 6.15. The molecule has 7 aromatic heterocycles. The summed E-state index contributed by atoms with van der Waals surface area (Å²) in [6, 6.07) is 129. The molecule has 0 bridgehead atoms. The van der Waals surface area contributed by atoms with E-state index in [1.54, 1.807) is 0 Å². The minimum Gasteiger partial charge on any atom is -0.456 e. The van der Waals surface area contributed by atoms with Gasteiger partial charge in [0.1, 0.15) is 33.5 Å². The highest BCUT2D eigenvalue weighted by Gasteiger charge is 2.22. The minimum absolute atomic E-state index is 0.627. The number of rotatable bonds is 10. The number of aromatic nitrogens is 5. The van der Waals surface area contributed by atoms with Crippen molar-refractivity contribution in [2.75, 3.05) is 0 Å². The van der Waals surface area contributed by atoms with E-state index in [4.69, 9.17) is 23.2 Å². The molecule has 0 fully saturated rings. The second kappa shape index (κ2) is 23.5. The molecule has 23 rings (SSSR count). The SMILES string of the molecule is c1cc(-c2cc(-c3cccc(-n4c5ccccc5c5cc(-c6ccc7oc8ccccc8c7c6)ccc54)c3)nc(-c3ccc(-c4ccc(-n5c6ccccc6c6cc(-c7ccc8oc9ccccc9c8c7)ccc65)cc4)cc3)n2)cc(-n2c3ccccc3c3cc(-c4ccc5oc6ccccc6c5c4)ccc32)c1. The smallest absolute Gasteiger partial charge is 0.160 e. The molecule has 0 amide bonds. The zero-order valence-corrected chi connectivity index (χ0v) is 58.0. The fraction of sp³-hybridized carbons (Fsp3) is 0. The number of hydrogen-bond donors (Lipinski definition) is 0. The van der Waals surface area contributed by atoms with Gasteiger partial charge in [0.15, 0.2) is 5.82 Å². The highest BCUT2D eigenvalue weighted by Crippen LogP contribution is 2.44. The van der Waals surface area contributed by atoms with Crippen molar-refractivity contribution in [3.8, 4) is 95.5 Å². The maximum absolute atomic E-state index is 6.25. The Morgan fingerprint density at radius 2 is 0.454 bits per heavy atom. The summed E-state index contributed by atoms with van der Waals surface area (Å²) in [7, 11) is 0. The predicted octanol–water partition coefficient (Wildman–Crippen LogP) is 27.1. The first-order valence-corrected chi connectivity index (χ1v) is 36.6. The summed E-state index contributed by atoms with van der Waals surface area (Å²) < 4.78 is 25.9. The highest BCUT2D eigenvalue weighted by atomic mass is 16.3. The summed E-state index contributed by atoms with van der Waals surface area (Å²) in [6.45, 7) is 0. The molecule has 23 aromatic rings. The average molecular weight is 1380 g/mol. The van der Waals surface area contributed by atoms with Gasteiger partial charge in [-0.2, -0.15) is 0 Å². The Kier molecular flexibility index (Phi) is 13.0. The molecular weight excluding hydrogens is 1320 g/mol. The van der Waals surface area contributed by atoms with Gasteiger partial charge in [-0.25, -0.2) is 9.97 Å². The van der Waals surface area contributed by atoms with E-state index in [0.29, 0.717) is 5.82 Å². The van der Waals surface area contributed by atoms with E-state index in [0.717, 1.165) is 189 Å². The van der Waals surface area contributed by atoms with Crippen LogP contribution in [0, 0.1) is 0 Å². The van der Waals surface area contributed by atoms with Crippen molar-refractivity contribution in [2.24, 2.45) is 0 Å². The summed E-state index contributed by atoms with van der Waals surface area (Å²) in [6.07, 6.45) is 0. The summed E-state index contributed by atoms with van der Waals surface area (Å²) in [5, 5.41) is 13.8. The molecule has 7 heterocycles. The van der Waals surface area contributed by atoms with Crippen molar-refractivity contribution in [2.45, 2.75) is 0 Å². The van der Waals surface area contributed by atoms with E-state index in [-0.39, 0.29) is 0 Å². The zero-order chi connectivity index (χ0) is 70.7. The molecule has 0 aliphatic carbocycles. The van der Waals surface area contributed by atoms with Gasteiger partial charge in [-0.3, -0.25) is 0 Å². The largest absolute Gasteiger partial charge is 0.456 e. The summed E-state index contributed by atoms with van der Waals surface area (Å²) in [5.74, 6) is 0.627. The lowest BCUT2D eigenvalue weighted by molar-refractivity contribution is 0.668. The van der Waals surface area contributed by atoms with Crippen LogP contribution < -0.4 is 0 Å². The molecule has 0 N–H and O–H groups in total. The quantitative estimate of drug-likeness (QED) is 0.136. The predicted molar refractivity (Wildman–Crippen MR) is 445 cm³/mol. The third-order valence-electron chi connectivity index (χ3n) is 22.3. The van der Waals surface area contributed by atoms with Crippen molar-refractivity contribution >= 4 is 131 Å². The molecule has 0 saturated carbocycles. The van der Waals surface area contributed by atoms with Gasteiger partial charge >= 0.3 is 0 Å². The van der Waals surface area contributed by atoms with Crippen LogP contribution in [0.1, 0.15) is 0 Å². The van der Waals surface area contributed by atoms with Crippen LogP contribution in [0.5, 0.6) is 0 Å². The maximum Gasteiger partial charge on any atom is 0.160 e. The van der Waals surface area contributed by atoms with Gasteiger partial charge in [0, 0.05) is 98.4 Å². The molecule has 8 heteroatoms. The molecule has 0 spiro atoms. The topological polar surface area (TPSA) is 80.0 Å². The summed E-state index contributed by atoms with van der Waals surface area (Å²) in [4.78, 5) is 11.1. The van der Waals surface area contributed by atoms with Crippen molar-refractivity contribution in [3.05, 3.63) is 358 Å². The Labute approximate surface area is 617 Å². The standard InChI is InChI=1S/C100H59N5O3/c1-7-25-88-74(19-1)80-53-63(66-40-48-97-83(56-66)77-22-4-10-28-94(77)106-97)37-45-91(80)103(88)71-43-35-61(36-44-71)60-31-33-62(34-32-60)100-101-86(69-15-13-17-72(51-69)104-89-26-8-2-20-75(89)81-54-64(38-46-92(81)104)67-41-49-98-84(57-67)78-23-5-11-29-95(78)107-98)59-87(102-100)70-16-14-18-73(52-70)105-90-27-9-3-21-76(90)82-55-65(39-47-93(82)105)68-42-50-99-85(58-68)79-24-6-12-30-96(79)108-99/h1-59H. The Hall–Kier alpha value is -14.6. The Morgan fingerprint density at radius 1 is 0.167 bits per heavy atom. The minimum atomic E-state index is 0.627. The average Bonchev–Trinajstić information content (AvgIpc) is 1.53. The lowest BCUT2D eigenvalue weighted by atomic mass is 10.0. The van der Waals surface area contributed by atoms with Crippen LogP contribution >= 0.6 is 0 Å². The van der Waals surface area contributed by atoms with Crippen LogP contribution in [0.15, 0.2) is 371 Å².